The Balaban J connectivity index is 2.19. The monoisotopic (exact) mass is 329 g/mol. The molecule has 2 aromatic heterocycles. The predicted octanol–water partition coefficient (Wildman–Crippen LogP) is 2.08. The van der Waals surface area contributed by atoms with E-state index in [1.165, 1.54) is 0 Å². The fourth-order valence-electron chi connectivity index (χ4n) is 1.79. The highest BCUT2D eigenvalue weighted by atomic mass is 35.5. The van der Waals surface area contributed by atoms with Gasteiger partial charge >= 0.3 is 0 Å². The van der Waals surface area contributed by atoms with Crippen LogP contribution in [0.4, 0.5) is 0 Å². The van der Waals surface area contributed by atoms with Gasteiger partial charge in [0.1, 0.15) is 16.7 Å². The average molecular weight is 330 g/mol. The van der Waals surface area contributed by atoms with Crippen LogP contribution in [0.1, 0.15) is 12.7 Å². The molecule has 0 saturated heterocycles. The summed E-state index contributed by atoms with van der Waals surface area (Å²) in [6.45, 7) is 3.35. The lowest BCUT2D eigenvalue weighted by Gasteiger charge is -2.08. The molecule has 20 heavy (non-hydrogen) atoms. The van der Waals surface area contributed by atoms with Gasteiger partial charge in [0.2, 0.25) is 0 Å². The number of halogens is 2. The normalized spacial score (nSPS) is 11.3. The van der Waals surface area contributed by atoms with Crippen LogP contribution >= 0.6 is 34.9 Å². The Hall–Kier alpha value is -1.35. The number of tetrazole rings is 1. The molecule has 2 heterocycles. The lowest BCUT2D eigenvalue weighted by Crippen LogP contribution is -2.16. The molecule has 0 aliphatic carbocycles. The molecule has 0 saturated carbocycles. The van der Waals surface area contributed by atoms with Crippen molar-refractivity contribution in [2.75, 3.05) is 6.54 Å². The van der Waals surface area contributed by atoms with Crippen molar-refractivity contribution in [3.63, 3.8) is 0 Å². The minimum absolute atomic E-state index is 0.431. The quantitative estimate of drug-likeness (QED) is 0.789. The van der Waals surface area contributed by atoms with Gasteiger partial charge in [0, 0.05) is 0 Å². The maximum atomic E-state index is 6.28. The first-order valence-corrected chi connectivity index (χ1v) is 7.29. The van der Waals surface area contributed by atoms with Crippen molar-refractivity contribution in [1.29, 1.82) is 0 Å². The topological polar surface area (TPSA) is 81.4 Å². The van der Waals surface area contributed by atoms with Crippen LogP contribution in [0, 0.1) is 0 Å². The summed E-state index contributed by atoms with van der Waals surface area (Å²) in [5.74, 6) is 0.644. The lowest BCUT2D eigenvalue weighted by atomic mass is 10.2. The molecule has 0 bridgehead atoms. The van der Waals surface area contributed by atoms with E-state index in [0.29, 0.717) is 39.1 Å². The van der Waals surface area contributed by atoms with Crippen LogP contribution in [-0.2, 0) is 6.54 Å². The molecule has 0 spiro atoms. The minimum atomic E-state index is 0.431. The molecule has 1 aromatic carbocycles. The Morgan fingerprint density at radius 3 is 2.85 bits per heavy atom. The molecule has 0 radical (unpaired) electrons. The van der Waals surface area contributed by atoms with Crippen LogP contribution in [0.25, 0.3) is 16.7 Å². The molecule has 3 aromatic rings. The molecule has 0 aliphatic heterocycles. The van der Waals surface area contributed by atoms with Gasteiger partial charge in [0.05, 0.1) is 28.3 Å². The molecule has 7 nitrogen and oxygen atoms in total. The smallest absolute Gasteiger partial charge is 0.170 e. The summed E-state index contributed by atoms with van der Waals surface area (Å²) in [5.41, 5.74) is 1.79. The molecule has 1 N–H and O–H groups in total. The summed E-state index contributed by atoms with van der Waals surface area (Å²) in [6.07, 6.45) is 0. The highest BCUT2D eigenvalue weighted by Gasteiger charge is 2.19. The Kier molecular flexibility index (Phi) is 3.79. The van der Waals surface area contributed by atoms with Crippen molar-refractivity contribution in [2.45, 2.75) is 13.5 Å². The third-order valence-corrected chi connectivity index (χ3v) is 3.80. The summed E-state index contributed by atoms with van der Waals surface area (Å²) in [7, 11) is 0. The van der Waals surface area contributed by atoms with E-state index in [-0.39, 0.29) is 0 Å². The van der Waals surface area contributed by atoms with Crippen molar-refractivity contribution in [3.8, 4) is 5.69 Å². The molecule has 3 rings (SSSR count). The Bertz CT molecular complexity index is 753. The number of aromatic nitrogens is 6. The molecule has 0 atom stereocenters. The number of benzene rings is 1. The van der Waals surface area contributed by atoms with Crippen LogP contribution in [0.5, 0.6) is 0 Å². The maximum absolute atomic E-state index is 6.28. The average Bonchev–Trinajstić information content (AvgIpc) is 3.06. The van der Waals surface area contributed by atoms with Gasteiger partial charge in [-0.15, -0.1) is 5.10 Å². The van der Waals surface area contributed by atoms with E-state index in [1.807, 2.05) is 6.92 Å². The van der Waals surface area contributed by atoms with E-state index >= 15 is 0 Å². The van der Waals surface area contributed by atoms with Crippen LogP contribution in [0.3, 0.4) is 0 Å². The van der Waals surface area contributed by atoms with Crippen molar-refractivity contribution >= 4 is 46.0 Å². The van der Waals surface area contributed by atoms with Crippen LogP contribution in [0.15, 0.2) is 6.07 Å². The van der Waals surface area contributed by atoms with Crippen molar-refractivity contribution in [3.05, 3.63) is 21.9 Å². The molecule has 0 amide bonds. The zero-order chi connectivity index (χ0) is 14.1. The third-order valence-electron chi connectivity index (χ3n) is 2.70. The standard InChI is InChI=1S/C10H9Cl2N7S/c1-2-13-4-7-14-17-18-19(7)10-6(12)3-5(11)8-9(10)16-20-15-8/h3,13H,2,4H2,1H3. The van der Waals surface area contributed by atoms with E-state index in [4.69, 9.17) is 23.2 Å². The van der Waals surface area contributed by atoms with E-state index in [1.54, 1.807) is 10.7 Å². The highest BCUT2D eigenvalue weighted by molar-refractivity contribution is 7.00. The summed E-state index contributed by atoms with van der Waals surface area (Å²) in [6, 6.07) is 1.63. The number of rotatable bonds is 4. The first-order valence-electron chi connectivity index (χ1n) is 5.81. The fraction of sp³-hybridized carbons (Fsp3) is 0.300. The van der Waals surface area contributed by atoms with Crippen molar-refractivity contribution in [1.82, 2.24) is 34.3 Å². The molecular weight excluding hydrogens is 321 g/mol. The Labute approximate surface area is 128 Å². The van der Waals surface area contributed by atoms with Crippen molar-refractivity contribution < 1.29 is 0 Å². The number of nitrogens with zero attached hydrogens (tertiary/aromatic N) is 6. The summed E-state index contributed by atoms with van der Waals surface area (Å²) in [5, 5.41) is 15.7. The van der Waals surface area contributed by atoms with Gasteiger partial charge in [-0.25, -0.2) is 0 Å². The largest absolute Gasteiger partial charge is 0.310 e. The van der Waals surface area contributed by atoms with E-state index in [9.17, 15) is 0 Å². The summed E-state index contributed by atoms with van der Waals surface area (Å²) in [4.78, 5) is 0. The predicted molar refractivity (Wildman–Crippen MR) is 77.5 cm³/mol. The molecular formula is C10H9Cl2N7S. The third kappa shape index (κ3) is 2.24. The summed E-state index contributed by atoms with van der Waals surface area (Å²) < 4.78 is 9.97. The molecule has 0 fully saturated rings. The number of hydrogen-bond donors (Lipinski definition) is 1. The maximum Gasteiger partial charge on any atom is 0.170 e. The number of fused-ring (bicyclic) bond motifs is 1. The minimum Gasteiger partial charge on any atom is -0.310 e. The zero-order valence-electron chi connectivity index (χ0n) is 10.3. The van der Waals surface area contributed by atoms with Gasteiger partial charge in [-0.3, -0.25) is 0 Å². The molecule has 10 heteroatoms. The van der Waals surface area contributed by atoms with E-state index in [2.05, 4.69) is 29.6 Å². The first kappa shape index (κ1) is 13.6. The highest BCUT2D eigenvalue weighted by Crippen LogP contribution is 2.33. The molecule has 104 valence electrons. The SMILES string of the molecule is CCNCc1nnnn1-c1c(Cl)cc(Cl)c2nsnc12. The zero-order valence-corrected chi connectivity index (χ0v) is 12.7. The summed E-state index contributed by atoms with van der Waals surface area (Å²) >= 11 is 13.5. The van der Waals surface area contributed by atoms with Gasteiger partial charge in [-0.2, -0.15) is 13.4 Å². The van der Waals surface area contributed by atoms with Crippen molar-refractivity contribution in [2.24, 2.45) is 0 Å². The fourth-order valence-corrected chi connectivity index (χ4v) is 2.98. The van der Waals surface area contributed by atoms with E-state index in [0.717, 1.165) is 18.3 Å². The Morgan fingerprint density at radius 1 is 1.25 bits per heavy atom. The van der Waals surface area contributed by atoms with E-state index < -0.39 is 0 Å². The van der Waals surface area contributed by atoms with Gasteiger partial charge in [-0.1, -0.05) is 30.1 Å². The number of nitrogens with one attached hydrogen (secondary N) is 1. The van der Waals surface area contributed by atoms with Gasteiger partial charge in [0.25, 0.3) is 0 Å². The lowest BCUT2D eigenvalue weighted by molar-refractivity contribution is 0.665. The van der Waals surface area contributed by atoms with Crippen LogP contribution in [-0.4, -0.2) is 35.5 Å². The second kappa shape index (κ2) is 5.57. The molecule has 0 aliphatic rings. The van der Waals surface area contributed by atoms with Gasteiger partial charge in [0.15, 0.2) is 5.82 Å². The van der Waals surface area contributed by atoms with Gasteiger partial charge in [-0.05, 0) is 23.0 Å². The van der Waals surface area contributed by atoms with Crippen LogP contribution in [0.2, 0.25) is 10.0 Å². The number of hydrogen-bond acceptors (Lipinski definition) is 7. The molecule has 0 unspecified atom stereocenters. The second-order valence-corrected chi connectivity index (χ2v) is 5.28. The first-order chi connectivity index (χ1) is 9.72. The van der Waals surface area contributed by atoms with Gasteiger partial charge < -0.3 is 5.32 Å². The van der Waals surface area contributed by atoms with Crippen LogP contribution < -0.4 is 5.32 Å². The second-order valence-electron chi connectivity index (χ2n) is 3.94. The Morgan fingerprint density at radius 2 is 2.05 bits per heavy atom.